The van der Waals surface area contributed by atoms with E-state index in [-0.39, 0.29) is 11.8 Å². The Balaban J connectivity index is 1.41. The number of hydrogen-bond donors (Lipinski definition) is 1. The largest absolute Gasteiger partial charge is 0.355 e. The third kappa shape index (κ3) is 5.66. The van der Waals surface area contributed by atoms with Gasteiger partial charge in [-0.1, -0.05) is 66.0 Å². The summed E-state index contributed by atoms with van der Waals surface area (Å²) in [6.07, 6.45) is 3.76. The molecule has 1 aliphatic heterocycles. The minimum Gasteiger partial charge on any atom is -0.355 e. The first kappa shape index (κ1) is 23.1. The van der Waals surface area contributed by atoms with Gasteiger partial charge in [0.15, 0.2) is 5.69 Å². The molecule has 1 aromatic heterocycles. The van der Waals surface area contributed by atoms with Crippen molar-refractivity contribution >= 4 is 23.3 Å². The van der Waals surface area contributed by atoms with Gasteiger partial charge in [-0.3, -0.25) is 9.59 Å². The first-order valence-corrected chi connectivity index (χ1v) is 12.4. The predicted octanol–water partition coefficient (Wildman–Crippen LogP) is 3.92. The van der Waals surface area contributed by atoms with Crippen LogP contribution in [-0.2, 0) is 24.1 Å². The zero-order valence-electron chi connectivity index (χ0n) is 19.0. The maximum absolute atomic E-state index is 13.5. The van der Waals surface area contributed by atoms with E-state index in [1.54, 1.807) is 10.3 Å². The monoisotopic (exact) mass is 462 g/mol. The fourth-order valence-corrected chi connectivity index (χ4v) is 4.91. The van der Waals surface area contributed by atoms with Crippen LogP contribution in [0.1, 0.15) is 46.9 Å². The summed E-state index contributed by atoms with van der Waals surface area (Å²) in [7, 11) is 0. The Kier molecular flexibility index (Phi) is 7.50. The number of rotatable bonds is 8. The number of nitrogens with zero attached hydrogens (tertiary/aromatic N) is 3. The van der Waals surface area contributed by atoms with Gasteiger partial charge in [0.05, 0.1) is 5.41 Å². The molecule has 0 bridgehead atoms. The first-order chi connectivity index (χ1) is 16.1. The molecule has 0 aliphatic carbocycles. The summed E-state index contributed by atoms with van der Waals surface area (Å²) in [4.78, 5) is 28.0. The molecule has 1 fully saturated rings. The smallest absolute Gasteiger partial charge is 0.275 e. The molecule has 0 radical (unpaired) electrons. The lowest BCUT2D eigenvalue weighted by atomic mass is 9.73. The van der Waals surface area contributed by atoms with Gasteiger partial charge < -0.3 is 10.2 Å². The van der Waals surface area contributed by atoms with Crippen molar-refractivity contribution in [2.45, 2.75) is 39.0 Å². The van der Waals surface area contributed by atoms with Gasteiger partial charge in [-0.25, -0.2) is 0 Å². The Hall–Kier alpha value is -3.06. The van der Waals surface area contributed by atoms with Crippen LogP contribution in [-0.4, -0.2) is 45.9 Å². The van der Waals surface area contributed by atoms with Crippen LogP contribution in [0.25, 0.3) is 0 Å². The first-order valence-electron chi connectivity index (χ1n) is 11.6. The van der Waals surface area contributed by atoms with Crippen LogP contribution in [0.3, 0.4) is 0 Å². The molecular weight excluding hydrogens is 432 g/mol. The summed E-state index contributed by atoms with van der Waals surface area (Å²) >= 11 is 1.17. The highest BCUT2D eigenvalue weighted by molar-refractivity contribution is 7.03. The second-order valence-corrected chi connectivity index (χ2v) is 9.31. The van der Waals surface area contributed by atoms with Gasteiger partial charge in [-0.05, 0) is 60.3 Å². The fraction of sp³-hybridized carbons (Fsp3) is 0.385. The van der Waals surface area contributed by atoms with Gasteiger partial charge in [0, 0.05) is 25.0 Å². The Morgan fingerprint density at radius 3 is 2.33 bits per heavy atom. The van der Waals surface area contributed by atoms with Gasteiger partial charge in [0.25, 0.3) is 5.91 Å². The second kappa shape index (κ2) is 10.7. The van der Waals surface area contributed by atoms with Gasteiger partial charge in [0.2, 0.25) is 5.91 Å². The predicted molar refractivity (Wildman–Crippen MR) is 130 cm³/mol. The second-order valence-electron chi connectivity index (χ2n) is 8.70. The Bertz CT molecular complexity index is 1040. The molecule has 2 amide bonds. The third-order valence-corrected chi connectivity index (χ3v) is 7.09. The molecule has 1 aliphatic rings. The van der Waals surface area contributed by atoms with Crippen LogP contribution < -0.4 is 5.32 Å². The van der Waals surface area contributed by atoms with E-state index in [1.807, 2.05) is 18.2 Å². The van der Waals surface area contributed by atoms with Gasteiger partial charge >= 0.3 is 0 Å². The number of aromatic nitrogens is 2. The molecule has 172 valence electrons. The summed E-state index contributed by atoms with van der Waals surface area (Å²) < 4.78 is 3.80. The van der Waals surface area contributed by atoms with Gasteiger partial charge in [-0.2, -0.15) is 0 Å². The normalized spacial score (nSPS) is 15.2. The molecule has 7 heteroatoms. The Labute approximate surface area is 199 Å². The quantitative estimate of drug-likeness (QED) is 0.551. The number of hydrogen-bond acceptors (Lipinski definition) is 5. The minimum absolute atomic E-state index is 0.0824. The molecule has 3 aromatic rings. The Morgan fingerprint density at radius 1 is 1.00 bits per heavy atom. The number of aryl methyl sites for hydroxylation is 1. The zero-order valence-corrected chi connectivity index (χ0v) is 19.8. The molecule has 0 spiro atoms. The van der Waals surface area contributed by atoms with E-state index in [0.717, 1.165) is 18.4 Å². The van der Waals surface area contributed by atoms with Crippen LogP contribution in [0.5, 0.6) is 0 Å². The number of nitrogens with one attached hydrogen (secondary N) is 1. The van der Waals surface area contributed by atoms with Crippen LogP contribution in [0, 0.1) is 5.41 Å². The van der Waals surface area contributed by atoms with Crippen molar-refractivity contribution in [2.24, 2.45) is 5.41 Å². The average molecular weight is 463 g/mol. The number of amides is 2. The lowest BCUT2D eigenvalue weighted by Crippen LogP contribution is -2.51. The zero-order chi connectivity index (χ0) is 23.1. The highest BCUT2D eigenvalue weighted by atomic mass is 32.1. The van der Waals surface area contributed by atoms with Crippen molar-refractivity contribution in [3.8, 4) is 0 Å². The van der Waals surface area contributed by atoms with E-state index in [9.17, 15) is 9.59 Å². The van der Waals surface area contributed by atoms with E-state index in [1.165, 1.54) is 22.7 Å². The van der Waals surface area contributed by atoms with Crippen molar-refractivity contribution < 1.29 is 9.59 Å². The van der Waals surface area contributed by atoms with Crippen LogP contribution >= 0.6 is 11.5 Å². The van der Waals surface area contributed by atoms with Crippen molar-refractivity contribution in [1.29, 1.82) is 0 Å². The summed E-state index contributed by atoms with van der Waals surface area (Å²) in [6.45, 7) is 3.83. The average Bonchev–Trinajstić information content (AvgIpc) is 3.40. The molecule has 0 atom stereocenters. The van der Waals surface area contributed by atoms with E-state index < -0.39 is 5.41 Å². The molecule has 2 aromatic carbocycles. The number of carbonyl (C=O) groups is 2. The van der Waals surface area contributed by atoms with Crippen LogP contribution in [0.15, 0.2) is 60.0 Å². The summed E-state index contributed by atoms with van der Waals surface area (Å²) in [6, 6.07) is 18.7. The molecule has 0 unspecified atom stereocenters. The summed E-state index contributed by atoms with van der Waals surface area (Å²) in [5.74, 6) is -0.0213. The summed E-state index contributed by atoms with van der Waals surface area (Å²) in [5.41, 5.74) is 3.55. The molecule has 6 nitrogen and oxygen atoms in total. The van der Waals surface area contributed by atoms with E-state index in [4.69, 9.17) is 0 Å². The van der Waals surface area contributed by atoms with Crippen molar-refractivity contribution in [3.05, 3.63) is 82.4 Å². The lowest BCUT2D eigenvalue weighted by molar-refractivity contribution is -0.133. The maximum Gasteiger partial charge on any atom is 0.275 e. The molecule has 33 heavy (non-hydrogen) atoms. The molecule has 1 saturated heterocycles. The maximum atomic E-state index is 13.5. The SMILES string of the molecule is CCc1ccc(CCNC(=O)C2(Cc3ccccc3)CCN(C(=O)c3csnn3)CC2)cc1. The van der Waals surface area contributed by atoms with Crippen molar-refractivity contribution in [1.82, 2.24) is 19.8 Å². The van der Waals surface area contributed by atoms with Crippen LogP contribution in [0.2, 0.25) is 0 Å². The molecule has 2 heterocycles. The van der Waals surface area contributed by atoms with Crippen LogP contribution in [0.4, 0.5) is 0 Å². The fourth-order valence-electron chi connectivity index (χ4n) is 4.48. The molecule has 1 N–H and O–H groups in total. The highest BCUT2D eigenvalue weighted by Gasteiger charge is 2.42. The van der Waals surface area contributed by atoms with E-state index in [0.29, 0.717) is 44.6 Å². The van der Waals surface area contributed by atoms with Gasteiger partial charge in [-0.15, -0.1) is 5.10 Å². The Morgan fingerprint density at radius 2 is 1.70 bits per heavy atom. The number of carbonyl (C=O) groups excluding carboxylic acids is 2. The highest BCUT2D eigenvalue weighted by Crippen LogP contribution is 2.36. The molecule has 4 rings (SSSR count). The third-order valence-electron chi connectivity index (χ3n) is 6.58. The van der Waals surface area contributed by atoms with Crippen molar-refractivity contribution in [2.75, 3.05) is 19.6 Å². The number of piperidine rings is 1. The number of benzene rings is 2. The van der Waals surface area contributed by atoms with Gasteiger partial charge in [0.1, 0.15) is 0 Å². The molecule has 0 saturated carbocycles. The lowest BCUT2D eigenvalue weighted by Gasteiger charge is -2.40. The number of likely N-dealkylation sites (tertiary alicyclic amines) is 1. The summed E-state index contributed by atoms with van der Waals surface area (Å²) in [5, 5.41) is 8.78. The topological polar surface area (TPSA) is 75.2 Å². The molecular formula is C26H30N4O2S. The minimum atomic E-state index is -0.523. The van der Waals surface area contributed by atoms with E-state index in [2.05, 4.69) is 58.2 Å². The standard InChI is InChI=1S/C26H30N4O2S/c1-2-20-8-10-21(11-9-20)12-15-27-25(32)26(18-22-6-4-3-5-7-22)13-16-30(17-14-26)24(31)23-19-33-29-28-23/h3-11,19H,2,12-18H2,1H3,(H,27,32). The van der Waals surface area contributed by atoms with E-state index >= 15 is 0 Å². The van der Waals surface area contributed by atoms with Crippen molar-refractivity contribution in [3.63, 3.8) is 0 Å².